The predicted molar refractivity (Wildman–Crippen MR) is 90.1 cm³/mol. The summed E-state index contributed by atoms with van der Waals surface area (Å²) >= 11 is 0. The molecular formula is C18H24N4O. The number of hydrogen-bond acceptors (Lipinski definition) is 3. The zero-order valence-electron chi connectivity index (χ0n) is 13.8. The lowest BCUT2D eigenvalue weighted by Crippen LogP contribution is -2.33. The molecule has 5 nitrogen and oxygen atoms in total. The van der Waals surface area contributed by atoms with Crippen LogP contribution in [0, 0.1) is 13.8 Å². The van der Waals surface area contributed by atoms with Gasteiger partial charge in [-0.25, -0.2) is 0 Å². The van der Waals surface area contributed by atoms with Crippen molar-refractivity contribution in [1.82, 2.24) is 14.7 Å². The summed E-state index contributed by atoms with van der Waals surface area (Å²) in [5, 5.41) is 4.58. The van der Waals surface area contributed by atoms with Gasteiger partial charge in [0.05, 0.1) is 12.2 Å². The van der Waals surface area contributed by atoms with Gasteiger partial charge in [0.15, 0.2) is 0 Å². The summed E-state index contributed by atoms with van der Waals surface area (Å²) < 4.78 is 2.11. The van der Waals surface area contributed by atoms with Crippen molar-refractivity contribution in [3.8, 4) is 0 Å². The van der Waals surface area contributed by atoms with Crippen LogP contribution in [0.1, 0.15) is 40.2 Å². The maximum atomic E-state index is 11.3. The summed E-state index contributed by atoms with van der Waals surface area (Å²) in [7, 11) is 0. The molecule has 122 valence electrons. The Bertz CT molecular complexity index is 707. The van der Waals surface area contributed by atoms with Crippen LogP contribution in [0.15, 0.2) is 30.3 Å². The number of carbonyl (C=O) groups is 1. The highest BCUT2D eigenvalue weighted by Gasteiger charge is 2.25. The molecule has 1 saturated heterocycles. The molecular weight excluding hydrogens is 288 g/mol. The fraction of sp³-hybridized carbons (Fsp3) is 0.444. The molecule has 1 aromatic heterocycles. The summed E-state index contributed by atoms with van der Waals surface area (Å²) in [6, 6.07) is 10.2. The predicted octanol–water partition coefficient (Wildman–Crippen LogP) is 2.26. The normalized spacial score (nSPS) is 18.4. The number of likely N-dealkylation sites (tertiary alicyclic amines) is 1. The molecule has 1 fully saturated rings. The number of benzene rings is 1. The third kappa shape index (κ3) is 3.62. The van der Waals surface area contributed by atoms with Crippen LogP contribution >= 0.6 is 0 Å². The van der Waals surface area contributed by atoms with Crippen molar-refractivity contribution in [3.63, 3.8) is 0 Å². The Morgan fingerprint density at radius 3 is 2.87 bits per heavy atom. The van der Waals surface area contributed by atoms with Gasteiger partial charge in [-0.2, -0.15) is 5.10 Å². The number of rotatable bonds is 5. The van der Waals surface area contributed by atoms with E-state index in [9.17, 15) is 4.79 Å². The number of aromatic nitrogens is 2. The second kappa shape index (κ2) is 6.54. The maximum absolute atomic E-state index is 11.3. The zero-order chi connectivity index (χ0) is 16.4. The quantitative estimate of drug-likeness (QED) is 0.921. The highest BCUT2D eigenvalue weighted by atomic mass is 16.1. The molecule has 0 bridgehead atoms. The smallest absolute Gasteiger partial charge is 0.248 e. The summed E-state index contributed by atoms with van der Waals surface area (Å²) in [6.45, 7) is 7.01. The minimum atomic E-state index is -0.368. The third-order valence-corrected chi connectivity index (χ3v) is 4.58. The average Bonchev–Trinajstić information content (AvgIpc) is 3.06. The van der Waals surface area contributed by atoms with Crippen molar-refractivity contribution >= 4 is 5.91 Å². The molecule has 1 aromatic carbocycles. The average molecular weight is 312 g/mol. The second-order valence-electron chi connectivity index (χ2n) is 6.44. The van der Waals surface area contributed by atoms with Gasteiger partial charge in [-0.15, -0.1) is 0 Å². The summed E-state index contributed by atoms with van der Waals surface area (Å²) in [4.78, 5) is 13.8. The fourth-order valence-electron chi connectivity index (χ4n) is 3.43. The summed E-state index contributed by atoms with van der Waals surface area (Å²) in [5.74, 6) is -0.368. The Hall–Kier alpha value is -2.14. The number of carbonyl (C=O) groups excluding carboxylic acids is 1. The Kier molecular flexibility index (Phi) is 4.48. The molecule has 1 aliphatic rings. The van der Waals surface area contributed by atoms with Crippen molar-refractivity contribution < 1.29 is 4.79 Å². The molecule has 3 rings (SSSR count). The van der Waals surface area contributed by atoms with Gasteiger partial charge in [0, 0.05) is 23.8 Å². The van der Waals surface area contributed by atoms with Crippen LogP contribution in [0.4, 0.5) is 0 Å². The molecule has 2 N–H and O–H groups in total. The first kappa shape index (κ1) is 15.7. The number of hydrogen-bond donors (Lipinski definition) is 1. The van der Waals surface area contributed by atoms with Crippen molar-refractivity contribution in [1.29, 1.82) is 0 Å². The first-order valence-electron chi connectivity index (χ1n) is 8.17. The van der Waals surface area contributed by atoms with Gasteiger partial charge in [-0.05, 0) is 57.0 Å². The van der Waals surface area contributed by atoms with E-state index in [0.717, 1.165) is 30.9 Å². The molecule has 1 aliphatic heterocycles. The Morgan fingerprint density at radius 2 is 2.17 bits per heavy atom. The van der Waals surface area contributed by atoms with E-state index >= 15 is 0 Å². The van der Waals surface area contributed by atoms with Gasteiger partial charge < -0.3 is 5.73 Å². The van der Waals surface area contributed by atoms with Crippen LogP contribution in [0.2, 0.25) is 0 Å². The molecule has 0 radical (unpaired) electrons. The standard InChI is InChI=1S/C18H24N4O/c1-13-9-14(2)22(20-13)12-17-7-4-8-21(17)11-15-5-3-6-16(10-15)18(19)23/h3,5-6,9-10,17H,4,7-8,11-12H2,1-2H3,(H2,19,23)/t17-/m0/s1. The van der Waals surface area contributed by atoms with E-state index in [4.69, 9.17) is 5.73 Å². The van der Waals surface area contributed by atoms with Gasteiger partial charge in [-0.1, -0.05) is 12.1 Å². The van der Waals surface area contributed by atoms with Crippen molar-refractivity contribution in [2.45, 2.75) is 45.8 Å². The number of amides is 1. The monoisotopic (exact) mass is 312 g/mol. The fourth-order valence-corrected chi connectivity index (χ4v) is 3.43. The van der Waals surface area contributed by atoms with E-state index in [2.05, 4.69) is 33.7 Å². The Balaban J connectivity index is 1.70. The second-order valence-corrected chi connectivity index (χ2v) is 6.44. The van der Waals surface area contributed by atoms with Crippen molar-refractivity contribution in [2.75, 3.05) is 6.54 Å². The molecule has 0 spiro atoms. The molecule has 1 atom stereocenters. The van der Waals surface area contributed by atoms with Crippen LogP contribution in [0.25, 0.3) is 0 Å². The molecule has 23 heavy (non-hydrogen) atoms. The van der Waals surface area contributed by atoms with E-state index in [0.29, 0.717) is 11.6 Å². The van der Waals surface area contributed by atoms with Gasteiger partial charge in [-0.3, -0.25) is 14.4 Å². The van der Waals surface area contributed by atoms with Gasteiger partial charge in [0.25, 0.3) is 0 Å². The molecule has 2 heterocycles. The Labute approximate surface area is 137 Å². The number of nitrogens with two attached hydrogens (primary N) is 1. The maximum Gasteiger partial charge on any atom is 0.248 e. The molecule has 0 unspecified atom stereocenters. The van der Waals surface area contributed by atoms with E-state index in [1.807, 2.05) is 19.1 Å². The van der Waals surface area contributed by atoms with Crippen LogP contribution in [0.3, 0.4) is 0 Å². The lowest BCUT2D eigenvalue weighted by atomic mass is 10.1. The molecule has 1 amide bonds. The highest BCUT2D eigenvalue weighted by Crippen LogP contribution is 2.22. The SMILES string of the molecule is Cc1cc(C)n(C[C@@H]2CCCN2Cc2cccc(C(N)=O)c2)n1. The third-order valence-electron chi connectivity index (χ3n) is 4.58. The van der Waals surface area contributed by atoms with Gasteiger partial charge in [0.1, 0.15) is 0 Å². The van der Waals surface area contributed by atoms with E-state index in [1.54, 1.807) is 6.07 Å². The lowest BCUT2D eigenvalue weighted by molar-refractivity contribution is 0.1000. The number of primary amides is 1. The molecule has 2 aromatic rings. The first-order chi connectivity index (χ1) is 11.0. The molecule has 0 saturated carbocycles. The largest absolute Gasteiger partial charge is 0.366 e. The molecule has 0 aliphatic carbocycles. The van der Waals surface area contributed by atoms with Crippen molar-refractivity contribution in [2.24, 2.45) is 5.73 Å². The topological polar surface area (TPSA) is 64.2 Å². The number of aryl methyl sites for hydroxylation is 2. The molecule has 5 heteroatoms. The first-order valence-corrected chi connectivity index (χ1v) is 8.17. The van der Waals surface area contributed by atoms with E-state index in [1.165, 1.54) is 18.5 Å². The zero-order valence-corrected chi connectivity index (χ0v) is 13.8. The number of nitrogens with zero attached hydrogens (tertiary/aromatic N) is 3. The minimum Gasteiger partial charge on any atom is -0.366 e. The van der Waals surface area contributed by atoms with Crippen LogP contribution in [0.5, 0.6) is 0 Å². The van der Waals surface area contributed by atoms with Crippen LogP contribution in [-0.4, -0.2) is 33.2 Å². The summed E-state index contributed by atoms with van der Waals surface area (Å²) in [6.07, 6.45) is 2.40. The van der Waals surface area contributed by atoms with E-state index < -0.39 is 0 Å². The van der Waals surface area contributed by atoms with Gasteiger partial charge >= 0.3 is 0 Å². The summed E-state index contributed by atoms with van der Waals surface area (Å²) in [5.41, 5.74) is 9.38. The van der Waals surface area contributed by atoms with E-state index in [-0.39, 0.29) is 5.91 Å². The van der Waals surface area contributed by atoms with Crippen LogP contribution < -0.4 is 5.73 Å². The van der Waals surface area contributed by atoms with Crippen LogP contribution in [-0.2, 0) is 13.1 Å². The van der Waals surface area contributed by atoms with Crippen molar-refractivity contribution in [3.05, 3.63) is 52.8 Å². The van der Waals surface area contributed by atoms with Gasteiger partial charge in [0.2, 0.25) is 5.91 Å². The minimum absolute atomic E-state index is 0.368. The Morgan fingerprint density at radius 1 is 1.35 bits per heavy atom. The highest BCUT2D eigenvalue weighted by molar-refractivity contribution is 5.92. The lowest BCUT2D eigenvalue weighted by Gasteiger charge is -2.25.